The van der Waals surface area contributed by atoms with Gasteiger partial charge in [-0.1, -0.05) is 0 Å². The summed E-state index contributed by atoms with van der Waals surface area (Å²) in [5.41, 5.74) is -0.479. The van der Waals surface area contributed by atoms with E-state index in [0.29, 0.717) is 43.8 Å². The van der Waals surface area contributed by atoms with Crippen molar-refractivity contribution in [1.29, 1.82) is 0 Å². The van der Waals surface area contributed by atoms with Crippen molar-refractivity contribution >= 4 is 0 Å². The van der Waals surface area contributed by atoms with Gasteiger partial charge in [0.1, 0.15) is 17.7 Å². The van der Waals surface area contributed by atoms with Crippen LogP contribution in [0.1, 0.15) is 18.4 Å². The van der Waals surface area contributed by atoms with E-state index in [-0.39, 0.29) is 5.82 Å². The molecule has 25 heavy (non-hydrogen) atoms. The predicted molar refractivity (Wildman–Crippen MR) is 89.0 cm³/mol. The van der Waals surface area contributed by atoms with E-state index >= 15 is 0 Å². The largest absolute Gasteiger partial charge is 0.488 e. The molecular formula is C17H20FN3O4. The number of aromatic nitrogens is 2. The highest BCUT2D eigenvalue weighted by Gasteiger charge is 2.26. The number of aromatic amines is 2. The van der Waals surface area contributed by atoms with Gasteiger partial charge in [-0.05, 0) is 37.1 Å². The maximum atomic E-state index is 13.0. The van der Waals surface area contributed by atoms with Crippen LogP contribution < -0.4 is 16.0 Å². The zero-order chi connectivity index (χ0) is 17.8. The molecule has 0 saturated carbocycles. The number of rotatable bonds is 4. The molecule has 3 rings (SSSR count). The van der Waals surface area contributed by atoms with Crippen molar-refractivity contribution in [2.45, 2.75) is 31.6 Å². The quantitative estimate of drug-likeness (QED) is 0.751. The van der Waals surface area contributed by atoms with E-state index in [0.717, 1.165) is 0 Å². The molecule has 1 aromatic heterocycles. The van der Waals surface area contributed by atoms with E-state index < -0.39 is 23.5 Å². The highest BCUT2D eigenvalue weighted by atomic mass is 19.1. The second kappa shape index (κ2) is 7.62. The molecule has 7 nitrogen and oxygen atoms in total. The summed E-state index contributed by atoms with van der Waals surface area (Å²) in [6.45, 7) is 1.60. The molecule has 1 aliphatic rings. The molecule has 2 atom stereocenters. The van der Waals surface area contributed by atoms with Crippen molar-refractivity contribution in [2.24, 2.45) is 0 Å². The number of hydrogen-bond donors (Lipinski definition) is 3. The van der Waals surface area contributed by atoms with Crippen molar-refractivity contribution < 1.29 is 14.2 Å². The Morgan fingerprint density at radius 2 is 1.92 bits per heavy atom. The lowest BCUT2D eigenvalue weighted by Crippen LogP contribution is -2.32. The molecule has 1 fully saturated rings. The summed E-state index contributed by atoms with van der Waals surface area (Å²) in [5, 5.41) is 10.3. The highest BCUT2D eigenvalue weighted by molar-refractivity contribution is 5.22. The van der Waals surface area contributed by atoms with Gasteiger partial charge in [-0.25, -0.2) is 9.18 Å². The molecule has 8 heteroatoms. The first-order valence-corrected chi connectivity index (χ1v) is 8.15. The first kappa shape index (κ1) is 17.4. The summed E-state index contributed by atoms with van der Waals surface area (Å²) < 4.78 is 18.7. The molecule has 0 spiro atoms. The number of likely N-dealkylation sites (tertiary alicyclic amines) is 1. The van der Waals surface area contributed by atoms with Crippen LogP contribution >= 0.6 is 0 Å². The molecule has 2 heterocycles. The molecular weight excluding hydrogens is 329 g/mol. The Hall–Kier alpha value is -2.45. The molecule has 0 aliphatic carbocycles. The molecule has 0 unspecified atom stereocenters. The van der Waals surface area contributed by atoms with E-state index in [1.165, 1.54) is 30.5 Å². The van der Waals surface area contributed by atoms with Crippen LogP contribution in [0.4, 0.5) is 4.39 Å². The zero-order valence-corrected chi connectivity index (χ0v) is 13.6. The number of halogens is 1. The summed E-state index contributed by atoms with van der Waals surface area (Å²) in [4.78, 5) is 29.5. The highest BCUT2D eigenvalue weighted by Crippen LogP contribution is 2.20. The zero-order valence-electron chi connectivity index (χ0n) is 13.6. The monoisotopic (exact) mass is 349 g/mol. The number of aliphatic hydroxyl groups excluding tert-OH is 1. The van der Waals surface area contributed by atoms with E-state index in [1.54, 1.807) is 0 Å². The second-order valence-electron chi connectivity index (χ2n) is 6.13. The molecule has 2 aromatic rings. The van der Waals surface area contributed by atoms with Crippen LogP contribution in [0.3, 0.4) is 0 Å². The van der Waals surface area contributed by atoms with Gasteiger partial charge in [0.15, 0.2) is 0 Å². The van der Waals surface area contributed by atoms with Gasteiger partial charge in [-0.3, -0.25) is 14.7 Å². The summed E-state index contributed by atoms with van der Waals surface area (Å²) in [6.07, 6.45) is 1.43. The lowest BCUT2D eigenvalue weighted by Gasteiger charge is -2.21. The van der Waals surface area contributed by atoms with Gasteiger partial charge >= 0.3 is 5.69 Å². The Morgan fingerprint density at radius 3 is 2.64 bits per heavy atom. The van der Waals surface area contributed by atoms with E-state index in [1.807, 2.05) is 4.90 Å². The molecule has 0 amide bonds. The van der Waals surface area contributed by atoms with Crippen LogP contribution in [0.2, 0.25) is 0 Å². The molecule has 1 aliphatic heterocycles. The number of hydrogen-bond acceptors (Lipinski definition) is 5. The number of ether oxygens (including phenoxy) is 1. The van der Waals surface area contributed by atoms with Crippen molar-refractivity contribution in [3.05, 3.63) is 62.7 Å². The fourth-order valence-corrected chi connectivity index (χ4v) is 2.89. The Balaban J connectivity index is 1.63. The van der Waals surface area contributed by atoms with Crippen LogP contribution in [-0.2, 0) is 6.54 Å². The predicted octanol–water partition coefficient (Wildman–Crippen LogP) is 0.607. The lowest BCUT2D eigenvalue weighted by atomic mass is 10.1. The SMILES string of the molecule is O=c1[nH]cc(CN2CC[C@H](Oc3ccc(F)cc3)[C@@H](O)CC2)c(=O)[nH]1. The smallest absolute Gasteiger partial charge is 0.325 e. The summed E-state index contributed by atoms with van der Waals surface area (Å²) >= 11 is 0. The normalized spacial score (nSPS) is 21.7. The maximum absolute atomic E-state index is 13.0. The van der Waals surface area contributed by atoms with E-state index in [4.69, 9.17) is 4.74 Å². The minimum absolute atomic E-state index is 0.342. The lowest BCUT2D eigenvalue weighted by molar-refractivity contribution is 0.0349. The van der Waals surface area contributed by atoms with E-state index in [9.17, 15) is 19.1 Å². The van der Waals surface area contributed by atoms with E-state index in [2.05, 4.69) is 9.97 Å². The van der Waals surface area contributed by atoms with Gasteiger partial charge in [0.25, 0.3) is 5.56 Å². The Labute approximate surface area is 143 Å². The van der Waals surface area contributed by atoms with Gasteiger partial charge in [-0.2, -0.15) is 0 Å². The summed E-state index contributed by atoms with van der Waals surface area (Å²) in [5.74, 6) is 0.169. The average Bonchev–Trinajstić information content (AvgIpc) is 2.75. The van der Waals surface area contributed by atoms with Crippen molar-refractivity contribution in [3.8, 4) is 5.75 Å². The maximum Gasteiger partial charge on any atom is 0.325 e. The Kier molecular flexibility index (Phi) is 5.30. The fourth-order valence-electron chi connectivity index (χ4n) is 2.89. The first-order valence-electron chi connectivity index (χ1n) is 8.15. The Morgan fingerprint density at radius 1 is 1.20 bits per heavy atom. The fraction of sp³-hybridized carbons (Fsp3) is 0.412. The molecule has 0 radical (unpaired) electrons. The third kappa shape index (κ3) is 4.55. The van der Waals surface area contributed by atoms with Crippen LogP contribution in [0.25, 0.3) is 0 Å². The van der Waals surface area contributed by atoms with Crippen molar-refractivity contribution in [3.63, 3.8) is 0 Å². The van der Waals surface area contributed by atoms with Gasteiger partial charge < -0.3 is 14.8 Å². The van der Waals surface area contributed by atoms with Gasteiger partial charge in [-0.15, -0.1) is 0 Å². The van der Waals surface area contributed by atoms with Gasteiger partial charge in [0, 0.05) is 31.4 Å². The van der Waals surface area contributed by atoms with Crippen LogP contribution in [0, 0.1) is 5.82 Å². The molecule has 1 aromatic carbocycles. The van der Waals surface area contributed by atoms with Crippen LogP contribution in [0.15, 0.2) is 40.1 Å². The molecule has 134 valence electrons. The van der Waals surface area contributed by atoms with Crippen LogP contribution in [0.5, 0.6) is 5.75 Å². The molecule has 3 N–H and O–H groups in total. The van der Waals surface area contributed by atoms with Gasteiger partial charge in [0.2, 0.25) is 0 Å². The summed E-state index contributed by atoms with van der Waals surface area (Å²) in [6, 6.07) is 5.69. The van der Waals surface area contributed by atoms with Crippen molar-refractivity contribution in [1.82, 2.24) is 14.9 Å². The van der Waals surface area contributed by atoms with Crippen LogP contribution in [-0.4, -0.2) is 45.3 Å². The average molecular weight is 349 g/mol. The summed E-state index contributed by atoms with van der Waals surface area (Å²) in [7, 11) is 0. The van der Waals surface area contributed by atoms with Gasteiger partial charge in [0.05, 0.1) is 6.10 Å². The minimum Gasteiger partial charge on any atom is -0.488 e. The Bertz CT molecular complexity index is 818. The third-order valence-electron chi connectivity index (χ3n) is 4.29. The first-order chi connectivity index (χ1) is 12.0. The number of nitrogens with zero attached hydrogens (tertiary/aromatic N) is 1. The minimum atomic E-state index is -0.649. The number of nitrogens with one attached hydrogen (secondary N) is 2. The topological polar surface area (TPSA) is 98.4 Å². The standard InChI is InChI=1S/C17H20FN3O4/c18-12-1-3-13(4-2-12)25-15-6-8-21(7-5-14(15)22)10-11-9-19-17(24)20-16(11)23/h1-4,9,14-15,22H,5-8,10H2,(H2,19,20,23,24)/t14-,15-/m0/s1. The molecule has 0 bridgehead atoms. The second-order valence-corrected chi connectivity index (χ2v) is 6.13. The van der Waals surface area contributed by atoms with Crippen molar-refractivity contribution in [2.75, 3.05) is 13.1 Å². The number of H-pyrrole nitrogens is 2. The number of aliphatic hydroxyl groups is 1. The number of benzene rings is 1. The molecule has 1 saturated heterocycles. The third-order valence-corrected chi connectivity index (χ3v) is 4.29.